The topological polar surface area (TPSA) is 62.6 Å². The lowest BCUT2D eigenvalue weighted by Gasteiger charge is -2.28. The Balaban J connectivity index is 1.54. The number of furan rings is 1. The zero-order valence-corrected chi connectivity index (χ0v) is 16.9. The monoisotopic (exact) mass is 388 g/mol. The second-order valence-electron chi connectivity index (χ2n) is 7.67. The molecule has 1 aliphatic rings. The largest absolute Gasteiger partial charge is 0.459 e. The molecule has 1 aromatic heterocycles. The zero-order chi connectivity index (χ0) is 20.5. The molecule has 29 heavy (non-hydrogen) atoms. The molecule has 5 nitrogen and oxygen atoms in total. The van der Waals surface area contributed by atoms with E-state index in [1.165, 1.54) is 11.8 Å². The number of anilines is 1. The number of hydrogen-bond acceptors (Lipinski definition) is 3. The predicted octanol–water partition coefficient (Wildman–Crippen LogP) is 4.66. The summed E-state index contributed by atoms with van der Waals surface area (Å²) >= 11 is 0. The van der Waals surface area contributed by atoms with E-state index in [2.05, 4.69) is 5.32 Å². The van der Waals surface area contributed by atoms with E-state index in [-0.39, 0.29) is 11.8 Å². The van der Waals surface area contributed by atoms with Crippen molar-refractivity contribution in [1.29, 1.82) is 0 Å². The van der Waals surface area contributed by atoms with Crippen molar-refractivity contribution in [2.75, 3.05) is 11.9 Å². The van der Waals surface area contributed by atoms with Crippen LogP contribution >= 0.6 is 0 Å². The highest BCUT2D eigenvalue weighted by Crippen LogP contribution is 2.25. The minimum Gasteiger partial charge on any atom is -0.459 e. The van der Waals surface area contributed by atoms with Crippen LogP contribution in [-0.4, -0.2) is 23.3 Å². The second kappa shape index (κ2) is 7.59. The van der Waals surface area contributed by atoms with Gasteiger partial charge in [-0.3, -0.25) is 9.59 Å². The maximum absolute atomic E-state index is 12.9. The molecule has 3 aromatic rings. The fourth-order valence-corrected chi connectivity index (χ4v) is 4.10. The fraction of sp³-hybridized carbons (Fsp3) is 0.250. The van der Waals surface area contributed by atoms with Gasteiger partial charge in [-0.05, 0) is 73.7 Å². The van der Waals surface area contributed by atoms with Gasteiger partial charge in [0.1, 0.15) is 0 Å². The van der Waals surface area contributed by atoms with E-state index in [1.54, 1.807) is 17.0 Å². The van der Waals surface area contributed by atoms with Crippen LogP contribution in [0.5, 0.6) is 0 Å². The molecular formula is C24H24N2O3. The third-order valence-corrected chi connectivity index (χ3v) is 5.40. The smallest absolute Gasteiger partial charge is 0.289 e. The molecule has 2 amide bonds. The quantitative estimate of drug-likeness (QED) is 0.710. The van der Waals surface area contributed by atoms with Gasteiger partial charge in [0, 0.05) is 24.3 Å². The first-order valence-electron chi connectivity index (χ1n) is 9.76. The minimum absolute atomic E-state index is 0.110. The number of carbonyl (C=O) groups excluding carboxylic acids is 2. The highest BCUT2D eigenvalue weighted by Gasteiger charge is 2.24. The molecule has 0 fully saturated rings. The SMILES string of the molecule is Cc1cc(C)c(C(=O)Nc2ccc3c(c2)CN(C(=O)c2ccco2)CC3)c(C)c1. The highest BCUT2D eigenvalue weighted by atomic mass is 16.3. The van der Waals surface area contributed by atoms with Gasteiger partial charge in [0.25, 0.3) is 11.8 Å². The Kier molecular flexibility index (Phi) is 4.97. The van der Waals surface area contributed by atoms with E-state index in [0.29, 0.717) is 24.4 Å². The number of nitrogens with one attached hydrogen (secondary N) is 1. The lowest BCUT2D eigenvalue weighted by Crippen LogP contribution is -2.35. The third-order valence-electron chi connectivity index (χ3n) is 5.40. The molecule has 4 rings (SSSR count). The first kappa shape index (κ1) is 19.0. The first-order chi connectivity index (χ1) is 13.9. The van der Waals surface area contributed by atoms with Crippen molar-refractivity contribution >= 4 is 17.5 Å². The molecule has 0 unspecified atom stereocenters. The van der Waals surface area contributed by atoms with Crippen molar-refractivity contribution in [3.8, 4) is 0 Å². The Morgan fingerprint density at radius 1 is 1.00 bits per heavy atom. The molecule has 2 aromatic carbocycles. The molecule has 0 radical (unpaired) electrons. The summed E-state index contributed by atoms with van der Waals surface area (Å²) in [5, 5.41) is 3.02. The maximum Gasteiger partial charge on any atom is 0.289 e. The predicted molar refractivity (Wildman–Crippen MR) is 112 cm³/mol. The number of carbonyl (C=O) groups is 2. The number of benzene rings is 2. The third kappa shape index (κ3) is 3.81. The normalized spacial score (nSPS) is 13.1. The van der Waals surface area contributed by atoms with E-state index in [4.69, 9.17) is 4.42 Å². The van der Waals surface area contributed by atoms with Crippen LogP contribution in [-0.2, 0) is 13.0 Å². The summed E-state index contributed by atoms with van der Waals surface area (Å²) in [6.45, 7) is 7.10. The van der Waals surface area contributed by atoms with Gasteiger partial charge in [-0.1, -0.05) is 23.8 Å². The number of amides is 2. The summed E-state index contributed by atoms with van der Waals surface area (Å²) in [7, 11) is 0. The summed E-state index contributed by atoms with van der Waals surface area (Å²) in [5.74, 6) is 0.128. The number of nitrogens with zero attached hydrogens (tertiary/aromatic N) is 1. The average molecular weight is 388 g/mol. The molecule has 0 saturated heterocycles. The van der Waals surface area contributed by atoms with Gasteiger partial charge < -0.3 is 14.6 Å². The van der Waals surface area contributed by atoms with Crippen LogP contribution in [0.3, 0.4) is 0 Å². The minimum atomic E-state index is -0.112. The van der Waals surface area contributed by atoms with Crippen molar-refractivity contribution in [3.63, 3.8) is 0 Å². The average Bonchev–Trinajstić information content (AvgIpc) is 3.20. The number of rotatable bonds is 3. The molecule has 1 aliphatic heterocycles. The highest BCUT2D eigenvalue weighted by molar-refractivity contribution is 6.06. The van der Waals surface area contributed by atoms with Crippen LogP contribution < -0.4 is 5.32 Å². The molecule has 1 N–H and O–H groups in total. The van der Waals surface area contributed by atoms with Gasteiger partial charge in [0.2, 0.25) is 0 Å². The van der Waals surface area contributed by atoms with Crippen LogP contribution in [0.25, 0.3) is 0 Å². The fourth-order valence-electron chi connectivity index (χ4n) is 4.10. The summed E-state index contributed by atoms with van der Waals surface area (Å²) < 4.78 is 5.24. The summed E-state index contributed by atoms with van der Waals surface area (Å²) in [4.78, 5) is 27.2. The molecular weight excluding hydrogens is 364 g/mol. The van der Waals surface area contributed by atoms with Gasteiger partial charge in [0.05, 0.1) is 6.26 Å². The summed E-state index contributed by atoms with van der Waals surface area (Å²) in [6, 6.07) is 13.4. The lowest BCUT2D eigenvalue weighted by atomic mass is 9.97. The maximum atomic E-state index is 12.9. The van der Waals surface area contributed by atoms with Gasteiger partial charge in [0.15, 0.2) is 5.76 Å². The molecule has 0 atom stereocenters. The Morgan fingerprint density at radius 3 is 2.45 bits per heavy atom. The number of aryl methyl sites for hydroxylation is 3. The van der Waals surface area contributed by atoms with Crippen molar-refractivity contribution in [3.05, 3.63) is 87.9 Å². The Labute approximate surface area is 170 Å². The van der Waals surface area contributed by atoms with E-state index in [1.807, 2.05) is 51.1 Å². The van der Waals surface area contributed by atoms with E-state index in [0.717, 1.165) is 34.4 Å². The van der Waals surface area contributed by atoms with Crippen LogP contribution in [0, 0.1) is 20.8 Å². The van der Waals surface area contributed by atoms with E-state index in [9.17, 15) is 9.59 Å². The molecule has 0 spiro atoms. The van der Waals surface area contributed by atoms with Gasteiger partial charge in [-0.15, -0.1) is 0 Å². The van der Waals surface area contributed by atoms with Gasteiger partial charge in [-0.25, -0.2) is 0 Å². The van der Waals surface area contributed by atoms with Crippen LogP contribution in [0.2, 0.25) is 0 Å². The van der Waals surface area contributed by atoms with E-state index >= 15 is 0 Å². The Bertz CT molecular complexity index is 1060. The number of fused-ring (bicyclic) bond motifs is 1. The summed E-state index contributed by atoms with van der Waals surface area (Å²) in [6.07, 6.45) is 2.29. The second-order valence-corrected chi connectivity index (χ2v) is 7.67. The van der Waals surface area contributed by atoms with Crippen molar-refractivity contribution in [2.24, 2.45) is 0 Å². The van der Waals surface area contributed by atoms with Crippen molar-refractivity contribution in [1.82, 2.24) is 4.90 Å². The molecule has 148 valence electrons. The first-order valence-corrected chi connectivity index (χ1v) is 9.76. The van der Waals surface area contributed by atoms with Gasteiger partial charge >= 0.3 is 0 Å². The van der Waals surface area contributed by atoms with Crippen LogP contribution in [0.1, 0.15) is 48.7 Å². The van der Waals surface area contributed by atoms with Gasteiger partial charge in [-0.2, -0.15) is 0 Å². The van der Waals surface area contributed by atoms with Crippen LogP contribution in [0.15, 0.2) is 53.1 Å². The standard InChI is InChI=1S/C24H24N2O3/c1-15-11-16(2)22(17(3)12-15)23(27)25-20-7-6-18-8-9-26(14-19(18)13-20)24(28)21-5-4-10-29-21/h4-7,10-13H,8-9,14H2,1-3H3,(H,25,27). The Hall–Kier alpha value is -3.34. The van der Waals surface area contributed by atoms with Crippen LogP contribution in [0.4, 0.5) is 5.69 Å². The Morgan fingerprint density at radius 2 is 1.76 bits per heavy atom. The molecule has 5 heteroatoms. The van der Waals surface area contributed by atoms with Crippen molar-refractivity contribution in [2.45, 2.75) is 33.7 Å². The van der Waals surface area contributed by atoms with Crippen molar-refractivity contribution < 1.29 is 14.0 Å². The number of hydrogen-bond donors (Lipinski definition) is 1. The van der Waals surface area contributed by atoms with E-state index < -0.39 is 0 Å². The molecule has 2 heterocycles. The molecule has 0 saturated carbocycles. The lowest BCUT2D eigenvalue weighted by molar-refractivity contribution is 0.0702. The molecule has 0 aliphatic carbocycles. The summed E-state index contributed by atoms with van der Waals surface area (Å²) in [5.41, 5.74) is 6.77. The molecule has 0 bridgehead atoms. The zero-order valence-electron chi connectivity index (χ0n) is 16.9.